The van der Waals surface area contributed by atoms with Crippen LogP contribution in [0.1, 0.15) is 15.7 Å². The van der Waals surface area contributed by atoms with E-state index >= 15 is 0 Å². The minimum absolute atomic E-state index is 0. The van der Waals surface area contributed by atoms with Crippen molar-refractivity contribution in [3.63, 3.8) is 0 Å². The maximum absolute atomic E-state index is 10.9. The maximum Gasteiger partial charge on any atom is 1.00 e. The molecule has 0 aromatic rings. The summed E-state index contributed by atoms with van der Waals surface area (Å²) in [6.07, 6.45) is 2.64. The molecule has 1 heterocycles. The number of carbonyl (C=O) groups excluding carboxylic acids is 2. The van der Waals surface area contributed by atoms with Gasteiger partial charge in [0.2, 0.25) is 0 Å². The van der Waals surface area contributed by atoms with Crippen molar-refractivity contribution in [2.45, 2.75) is 12.8 Å². The fourth-order valence-corrected chi connectivity index (χ4v) is 1.04. The Labute approximate surface area is 175 Å². The molecule has 0 spiro atoms. The Morgan fingerprint density at radius 3 is 2.13 bits per heavy atom. The molecule has 1 aliphatic rings. The third kappa shape index (κ3) is 6.82. The molecule has 1 rings (SSSR count). The van der Waals surface area contributed by atoms with E-state index in [1.807, 2.05) is 0 Å². The summed E-state index contributed by atoms with van der Waals surface area (Å²) >= 11 is 0. The fourth-order valence-electron chi connectivity index (χ4n) is 1.04. The van der Waals surface area contributed by atoms with Gasteiger partial charge in [0.05, 0.1) is 0 Å². The molecule has 2 amide bonds. The number of carboxylic acid groups (broad SMARTS) is 1. The second-order valence-corrected chi connectivity index (χ2v) is 2.66. The maximum atomic E-state index is 10.9. The zero-order valence-electron chi connectivity index (χ0n) is 10.9. The van der Waals surface area contributed by atoms with Crippen molar-refractivity contribution < 1.29 is 125 Å². The molecule has 0 saturated carbocycles. The van der Waals surface area contributed by atoms with Gasteiger partial charge in [0.1, 0.15) is 0 Å². The van der Waals surface area contributed by atoms with Gasteiger partial charge in [-0.2, -0.15) is 0 Å². The molecule has 1 N–H and O–H groups in total. The van der Waals surface area contributed by atoms with Crippen LogP contribution in [0.15, 0.2) is 12.2 Å². The van der Waals surface area contributed by atoms with Gasteiger partial charge in [-0.15, -0.1) is 0 Å². The molecular formula is C8H11K2NO4. The van der Waals surface area contributed by atoms with Gasteiger partial charge in [-0.25, -0.2) is 0 Å². The Morgan fingerprint density at radius 2 is 1.73 bits per heavy atom. The van der Waals surface area contributed by atoms with E-state index in [9.17, 15) is 14.4 Å². The molecule has 0 radical (unpaired) electrons. The first-order valence-electron chi connectivity index (χ1n) is 3.86. The molecule has 0 atom stereocenters. The zero-order valence-corrected chi connectivity index (χ0v) is 15.1. The second-order valence-electron chi connectivity index (χ2n) is 2.66. The molecule has 74 valence electrons. The van der Waals surface area contributed by atoms with E-state index in [1.54, 1.807) is 0 Å². The Bertz CT molecular complexity index is 281. The number of carbonyl (C=O) groups is 3. The first-order valence-corrected chi connectivity index (χ1v) is 3.86. The Hall–Kier alpha value is 1.62. The van der Waals surface area contributed by atoms with Gasteiger partial charge >= 0.3 is 109 Å². The summed E-state index contributed by atoms with van der Waals surface area (Å²) < 4.78 is 0. The Kier molecular flexibility index (Phi) is 12.2. The number of hydrogen-bond donors (Lipinski definition) is 1. The van der Waals surface area contributed by atoms with Crippen LogP contribution in [0.3, 0.4) is 0 Å². The van der Waals surface area contributed by atoms with Crippen LogP contribution in [0.2, 0.25) is 0 Å². The van der Waals surface area contributed by atoms with Crippen LogP contribution in [0.5, 0.6) is 0 Å². The summed E-state index contributed by atoms with van der Waals surface area (Å²) in [4.78, 5) is 33.0. The van der Waals surface area contributed by atoms with Crippen molar-refractivity contribution in [3.05, 3.63) is 12.2 Å². The van der Waals surface area contributed by atoms with Gasteiger partial charge in [0.15, 0.2) is 0 Å². The predicted octanol–water partition coefficient (Wildman–Crippen LogP) is -5.99. The summed E-state index contributed by atoms with van der Waals surface area (Å²) in [5.74, 6) is -1.65. The van der Waals surface area contributed by atoms with E-state index in [0.717, 1.165) is 4.90 Å². The van der Waals surface area contributed by atoms with Crippen LogP contribution >= 0.6 is 0 Å². The summed E-state index contributed by atoms with van der Waals surface area (Å²) in [6.45, 7) is 0.178. The molecule has 0 saturated heterocycles. The molecule has 5 nitrogen and oxygen atoms in total. The molecule has 15 heavy (non-hydrogen) atoms. The molecule has 0 bridgehead atoms. The standard InChI is InChI=1S/C8H9NO4.2K.2H/c10-6-3-4-7(11)9(6)5-1-2-8(12)13;;;;/h3-4H,1-2,5H2,(H,12,13);;;;/q;2*+1;2*-1. The largest absolute Gasteiger partial charge is 1.00 e. The molecular weight excluding hydrogens is 252 g/mol. The average Bonchev–Trinajstić information content (AvgIpc) is 2.34. The Balaban J connectivity index is -0.000000211. The van der Waals surface area contributed by atoms with Gasteiger partial charge < -0.3 is 7.96 Å². The zero-order chi connectivity index (χ0) is 9.84. The van der Waals surface area contributed by atoms with Crippen LogP contribution in [0.4, 0.5) is 0 Å². The van der Waals surface area contributed by atoms with Crippen molar-refractivity contribution in [1.82, 2.24) is 4.90 Å². The molecule has 0 unspecified atom stereocenters. The van der Waals surface area contributed by atoms with Crippen LogP contribution < -0.4 is 103 Å². The number of aliphatic carboxylic acids is 1. The van der Waals surface area contributed by atoms with Gasteiger partial charge in [-0.3, -0.25) is 19.3 Å². The first kappa shape index (κ1) is 19.0. The fraction of sp³-hybridized carbons (Fsp3) is 0.375. The molecule has 0 aliphatic carbocycles. The molecule has 1 aliphatic heterocycles. The Morgan fingerprint density at radius 1 is 1.27 bits per heavy atom. The van der Waals surface area contributed by atoms with Crippen LogP contribution in [-0.4, -0.2) is 34.3 Å². The summed E-state index contributed by atoms with van der Waals surface area (Å²) in [7, 11) is 0. The van der Waals surface area contributed by atoms with E-state index in [1.165, 1.54) is 12.2 Å². The van der Waals surface area contributed by atoms with E-state index in [2.05, 4.69) is 0 Å². The summed E-state index contributed by atoms with van der Waals surface area (Å²) in [5, 5.41) is 8.32. The topological polar surface area (TPSA) is 74.7 Å². The monoisotopic (exact) mass is 263 g/mol. The predicted molar refractivity (Wildman–Crippen MR) is 45.0 cm³/mol. The summed E-state index contributed by atoms with van der Waals surface area (Å²) in [5.41, 5.74) is 0. The first-order chi connectivity index (χ1) is 6.11. The quantitative estimate of drug-likeness (QED) is 0.405. The van der Waals surface area contributed by atoms with E-state index in [0.29, 0.717) is 6.42 Å². The average molecular weight is 263 g/mol. The van der Waals surface area contributed by atoms with Crippen molar-refractivity contribution in [2.75, 3.05) is 6.54 Å². The minimum atomic E-state index is -0.924. The minimum Gasteiger partial charge on any atom is -1.00 e. The molecule has 0 fully saturated rings. The number of amides is 2. The van der Waals surface area contributed by atoms with E-state index in [4.69, 9.17) is 5.11 Å². The van der Waals surface area contributed by atoms with Crippen molar-refractivity contribution >= 4 is 17.8 Å². The number of nitrogens with zero attached hydrogens (tertiary/aromatic N) is 1. The number of carboxylic acids is 1. The molecule has 0 aromatic heterocycles. The van der Waals surface area contributed by atoms with Crippen LogP contribution in [0.25, 0.3) is 0 Å². The van der Waals surface area contributed by atoms with Gasteiger partial charge in [-0.05, 0) is 6.42 Å². The van der Waals surface area contributed by atoms with Crippen LogP contribution in [0, 0.1) is 0 Å². The molecule has 7 heteroatoms. The third-order valence-corrected chi connectivity index (χ3v) is 1.67. The third-order valence-electron chi connectivity index (χ3n) is 1.67. The normalized spacial score (nSPS) is 13.5. The van der Waals surface area contributed by atoms with Gasteiger partial charge in [-0.1, -0.05) is 0 Å². The number of rotatable bonds is 4. The SMILES string of the molecule is O=C(O)CCCN1C(=O)C=CC1=O.[H-].[H-].[K+].[K+]. The van der Waals surface area contributed by atoms with Gasteiger partial charge in [0, 0.05) is 25.1 Å². The smallest absolute Gasteiger partial charge is 1.00 e. The number of hydrogen-bond acceptors (Lipinski definition) is 3. The number of imide groups is 1. The second kappa shape index (κ2) is 9.63. The van der Waals surface area contributed by atoms with Gasteiger partial charge in [0.25, 0.3) is 11.8 Å². The van der Waals surface area contributed by atoms with E-state index in [-0.39, 0.29) is 130 Å². The van der Waals surface area contributed by atoms with Crippen molar-refractivity contribution in [1.29, 1.82) is 0 Å². The van der Waals surface area contributed by atoms with Crippen LogP contribution in [-0.2, 0) is 14.4 Å². The van der Waals surface area contributed by atoms with E-state index < -0.39 is 5.97 Å². The molecule has 0 aromatic carbocycles. The van der Waals surface area contributed by atoms with Crippen molar-refractivity contribution in [2.24, 2.45) is 0 Å². The van der Waals surface area contributed by atoms with Crippen molar-refractivity contribution in [3.8, 4) is 0 Å². The summed E-state index contributed by atoms with van der Waals surface area (Å²) in [6, 6.07) is 0.